The minimum atomic E-state index is 0.298. The third-order valence-corrected chi connectivity index (χ3v) is 1.72. The van der Waals surface area contributed by atoms with Crippen molar-refractivity contribution in [2.45, 2.75) is 45.6 Å². The molecule has 68 valence electrons. The van der Waals surface area contributed by atoms with Crippen LogP contribution >= 0.6 is 0 Å². The molecule has 0 rings (SSSR count). The van der Waals surface area contributed by atoms with Crippen LogP contribution in [0.3, 0.4) is 0 Å². The summed E-state index contributed by atoms with van der Waals surface area (Å²) in [5.41, 5.74) is 5.52. The molecule has 0 bridgehead atoms. The van der Waals surface area contributed by atoms with Crippen molar-refractivity contribution in [3.63, 3.8) is 0 Å². The molecule has 0 aromatic heterocycles. The summed E-state index contributed by atoms with van der Waals surface area (Å²) < 4.78 is 5.55. The highest BCUT2D eigenvalue weighted by molar-refractivity contribution is 4.56. The maximum Gasteiger partial charge on any atom is 0.0697 e. The van der Waals surface area contributed by atoms with Gasteiger partial charge in [-0.05, 0) is 12.8 Å². The normalized spacial score (nSPS) is 13.4. The Bertz CT molecular complexity index is 76.0. The number of unbranched alkanes of at least 4 members (excludes halogenated alkanes) is 1. The van der Waals surface area contributed by atoms with Crippen LogP contribution in [-0.2, 0) is 4.74 Å². The SMILES string of the molecule is CCCCO[C@@H](CN)CCC. The fraction of sp³-hybridized carbons (Fsp3) is 1.00. The molecule has 0 aliphatic heterocycles. The van der Waals surface area contributed by atoms with Crippen LogP contribution in [0.4, 0.5) is 0 Å². The standard InChI is InChI=1S/C9H21NO/c1-3-5-7-11-9(8-10)6-4-2/h9H,3-8,10H2,1-2H3/t9-/m1/s1. The van der Waals surface area contributed by atoms with Crippen LogP contribution in [0.2, 0.25) is 0 Å². The van der Waals surface area contributed by atoms with Crippen molar-refractivity contribution >= 4 is 0 Å². The van der Waals surface area contributed by atoms with Gasteiger partial charge in [0.05, 0.1) is 6.10 Å². The van der Waals surface area contributed by atoms with Gasteiger partial charge in [0.1, 0.15) is 0 Å². The van der Waals surface area contributed by atoms with Crippen LogP contribution in [0.5, 0.6) is 0 Å². The zero-order chi connectivity index (χ0) is 8.53. The Kier molecular flexibility index (Phi) is 7.96. The van der Waals surface area contributed by atoms with E-state index in [1.165, 1.54) is 6.42 Å². The number of ether oxygens (including phenoxy) is 1. The summed E-state index contributed by atoms with van der Waals surface area (Å²) in [7, 11) is 0. The van der Waals surface area contributed by atoms with Gasteiger partial charge in [0.2, 0.25) is 0 Å². The minimum Gasteiger partial charge on any atom is -0.377 e. The number of nitrogens with two attached hydrogens (primary N) is 1. The molecule has 0 saturated heterocycles. The van der Waals surface area contributed by atoms with E-state index in [0.717, 1.165) is 25.9 Å². The van der Waals surface area contributed by atoms with Crippen LogP contribution in [0.25, 0.3) is 0 Å². The molecule has 2 nitrogen and oxygen atoms in total. The summed E-state index contributed by atoms with van der Waals surface area (Å²) >= 11 is 0. The Morgan fingerprint density at radius 2 is 2.00 bits per heavy atom. The van der Waals surface area contributed by atoms with Gasteiger partial charge in [0, 0.05) is 13.2 Å². The largest absolute Gasteiger partial charge is 0.377 e. The Hall–Kier alpha value is -0.0800. The first kappa shape index (κ1) is 10.9. The van der Waals surface area contributed by atoms with E-state index in [0.29, 0.717) is 12.6 Å². The summed E-state index contributed by atoms with van der Waals surface area (Å²) in [6.45, 7) is 5.86. The van der Waals surface area contributed by atoms with E-state index >= 15 is 0 Å². The summed E-state index contributed by atoms with van der Waals surface area (Å²) in [5, 5.41) is 0. The molecule has 0 radical (unpaired) electrons. The van der Waals surface area contributed by atoms with E-state index in [4.69, 9.17) is 10.5 Å². The van der Waals surface area contributed by atoms with Crippen LogP contribution in [0.15, 0.2) is 0 Å². The molecule has 0 spiro atoms. The van der Waals surface area contributed by atoms with Gasteiger partial charge in [0.25, 0.3) is 0 Å². The Morgan fingerprint density at radius 3 is 2.45 bits per heavy atom. The van der Waals surface area contributed by atoms with Crippen molar-refractivity contribution in [1.29, 1.82) is 0 Å². The zero-order valence-corrected chi connectivity index (χ0v) is 7.81. The molecule has 0 aromatic rings. The molecule has 11 heavy (non-hydrogen) atoms. The van der Waals surface area contributed by atoms with Gasteiger partial charge < -0.3 is 10.5 Å². The van der Waals surface area contributed by atoms with E-state index < -0.39 is 0 Å². The first-order valence-corrected chi connectivity index (χ1v) is 4.66. The highest BCUT2D eigenvalue weighted by Gasteiger charge is 2.03. The van der Waals surface area contributed by atoms with E-state index in [9.17, 15) is 0 Å². The molecule has 1 atom stereocenters. The van der Waals surface area contributed by atoms with Crippen molar-refractivity contribution in [3.05, 3.63) is 0 Å². The molecule has 2 heteroatoms. The predicted octanol–water partition coefficient (Wildman–Crippen LogP) is 1.93. The second kappa shape index (κ2) is 8.02. The summed E-state index contributed by atoms with van der Waals surface area (Å²) in [4.78, 5) is 0. The fourth-order valence-corrected chi connectivity index (χ4v) is 0.986. The van der Waals surface area contributed by atoms with E-state index in [2.05, 4.69) is 13.8 Å². The second-order valence-corrected chi connectivity index (χ2v) is 2.87. The topological polar surface area (TPSA) is 35.2 Å². The number of hydrogen-bond donors (Lipinski definition) is 1. The summed E-state index contributed by atoms with van der Waals surface area (Å²) in [5.74, 6) is 0. The van der Waals surface area contributed by atoms with E-state index in [1.54, 1.807) is 0 Å². The Labute approximate surface area is 70.1 Å². The first-order chi connectivity index (χ1) is 5.35. The van der Waals surface area contributed by atoms with Gasteiger partial charge in [-0.25, -0.2) is 0 Å². The zero-order valence-electron chi connectivity index (χ0n) is 7.81. The highest BCUT2D eigenvalue weighted by Crippen LogP contribution is 2.01. The lowest BCUT2D eigenvalue weighted by Gasteiger charge is -2.14. The third kappa shape index (κ3) is 6.32. The average molecular weight is 159 g/mol. The lowest BCUT2D eigenvalue weighted by molar-refractivity contribution is 0.0511. The van der Waals surface area contributed by atoms with E-state index in [-0.39, 0.29) is 0 Å². The van der Waals surface area contributed by atoms with Crippen molar-refractivity contribution < 1.29 is 4.74 Å². The molecular weight excluding hydrogens is 138 g/mol. The van der Waals surface area contributed by atoms with Crippen molar-refractivity contribution in [1.82, 2.24) is 0 Å². The number of rotatable bonds is 7. The van der Waals surface area contributed by atoms with Crippen LogP contribution in [0, 0.1) is 0 Å². The van der Waals surface area contributed by atoms with Gasteiger partial charge >= 0.3 is 0 Å². The first-order valence-electron chi connectivity index (χ1n) is 4.66. The van der Waals surface area contributed by atoms with Gasteiger partial charge in [-0.1, -0.05) is 26.7 Å². The Morgan fingerprint density at radius 1 is 1.27 bits per heavy atom. The summed E-state index contributed by atoms with van der Waals surface area (Å²) in [6, 6.07) is 0. The van der Waals surface area contributed by atoms with Gasteiger partial charge in [-0.3, -0.25) is 0 Å². The van der Waals surface area contributed by atoms with Gasteiger partial charge in [0.15, 0.2) is 0 Å². The maximum absolute atomic E-state index is 5.55. The van der Waals surface area contributed by atoms with Crippen molar-refractivity contribution in [3.8, 4) is 0 Å². The Balaban J connectivity index is 3.20. The smallest absolute Gasteiger partial charge is 0.0697 e. The van der Waals surface area contributed by atoms with Crippen molar-refractivity contribution in [2.24, 2.45) is 5.73 Å². The second-order valence-electron chi connectivity index (χ2n) is 2.87. The molecule has 0 heterocycles. The molecule has 0 fully saturated rings. The molecule has 0 aliphatic rings. The van der Waals surface area contributed by atoms with Crippen LogP contribution < -0.4 is 5.73 Å². The maximum atomic E-state index is 5.55. The molecule has 0 aromatic carbocycles. The predicted molar refractivity (Wildman–Crippen MR) is 48.6 cm³/mol. The highest BCUT2D eigenvalue weighted by atomic mass is 16.5. The lowest BCUT2D eigenvalue weighted by Crippen LogP contribution is -2.23. The van der Waals surface area contributed by atoms with Crippen LogP contribution in [0.1, 0.15) is 39.5 Å². The van der Waals surface area contributed by atoms with Crippen molar-refractivity contribution in [2.75, 3.05) is 13.2 Å². The third-order valence-electron chi connectivity index (χ3n) is 1.72. The molecule has 0 aliphatic carbocycles. The molecule has 0 saturated carbocycles. The van der Waals surface area contributed by atoms with Gasteiger partial charge in [-0.2, -0.15) is 0 Å². The lowest BCUT2D eigenvalue weighted by atomic mass is 10.2. The quantitative estimate of drug-likeness (QED) is 0.576. The monoisotopic (exact) mass is 159 g/mol. The molecular formula is C9H21NO. The minimum absolute atomic E-state index is 0.298. The fourth-order valence-electron chi connectivity index (χ4n) is 0.986. The van der Waals surface area contributed by atoms with Gasteiger partial charge in [-0.15, -0.1) is 0 Å². The molecule has 2 N–H and O–H groups in total. The molecule has 0 amide bonds. The summed E-state index contributed by atoms with van der Waals surface area (Å²) in [6.07, 6.45) is 4.91. The van der Waals surface area contributed by atoms with Crippen LogP contribution in [-0.4, -0.2) is 19.3 Å². The molecule has 0 unspecified atom stereocenters. The van der Waals surface area contributed by atoms with E-state index in [1.807, 2.05) is 0 Å². The average Bonchev–Trinajstić information content (AvgIpc) is 2.03. The number of hydrogen-bond acceptors (Lipinski definition) is 2.